The van der Waals surface area contributed by atoms with Crippen LogP contribution in [0.5, 0.6) is 0 Å². The zero-order valence-electron chi connectivity index (χ0n) is 10.2. The molecular formula is C12H24N2O. The van der Waals surface area contributed by atoms with Crippen LogP contribution in [-0.2, 0) is 4.79 Å². The molecule has 0 unspecified atom stereocenters. The first-order valence-electron chi connectivity index (χ1n) is 5.94. The smallest absolute Gasteiger partial charge is 0.221 e. The van der Waals surface area contributed by atoms with Crippen molar-refractivity contribution >= 4 is 5.91 Å². The lowest BCUT2D eigenvalue weighted by Crippen LogP contribution is -2.47. The summed E-state index contributed by atoms with van der Waals surface area (Å²) in [7, 11) is 0. The van der Waals surface area contributed by atoms with Gasteiger partial charge in [0.15, 0.2) is 0 Å². The normalized spacial score (nSPS) is 19.5. The second kappa shape index (κ2) is 4.52. The molecule has 1 amide bonds. The fourth-order valence-corrected chi connectivity index (χ4v) is 1.98. The van der Waals surface area contributed by atoms with Gasteiger partial charge in [0.05, 0.1) is 0 Å². The van der Waals surface area contributed by atoms with Crippen molar-refractivity contribution in [3.05, 3.63) is 0 Å². The Labute approximate surface area is 92.8 Å². The summed E-state index contributed by atoms with van der Waals surface area (Å²) in [4.78, 5) is 11.8. The summed E-state index contributed by atoms with van der Waals surface area (Å²) in [6, 6.07) is 0. The quantitative estimate of drug-likeness (QED) is 0.730. The summed E-state index contributed by atoms with van der Waals surface area (Å²) < 4.78 is 0. The minimum absolute atomic E-state index is 0.0867. The molecule has 1 aliphatic carbocycles. The zero-order valence-corrected chi connectivity index (χ0v) is 10.2. The number of hydrogen-bond acceptors (Lipinski definition) is 2. The van der Waals surface area contributed by atoms with Crippen molar-refractivity contribution in [1.82, 2.24) is 5.32 Å². The van der Waals surface area contributed by atoms with Crippen LogP contribution >= 0.6 is 0 Å². The largest absolute Gasteiger partial charge is 0.351 e. The summed E-state index contributed by atoms with van der Waals surface area (Å²) in [6.45, 7) is 6.84. The SMILES string of the molecule is CCC(C)(C)NC(=O)CC1(CN)CCC1. The van der Waals surface area contributed by atoms with Gasteiger partial charge in [-0.15, -0.1) is 0 Å². The first-order chi connectivity index (χ1) is 6.93. The van der Waals surface area contributed by atoms with E-state index in [1.165, 1.54) is 6.42 Å². The predicted octanol–water partition coefficient (Wildman–Crippen LogP) is 1.81. The van der Waals surface area contributed by atoms with Gasteiger partial charge in [0.25, 0.3) is 0 Å². The molecule has 0 atom stereocenters. The molecule has 3 nitrogen and oxygen atoms in total. The van der Waals surface area contributed by atoms with Crippen LogP contribution < -0.4 is 11.1 Å². The lowest BCUT2D eigenvalue weighted by Gasteiger charge is -2.41. The molecule has 0 radical (unpaired) electrons. The molecule has 1 fully saturated rings. The molecule has 3 heteroatoms. The van der Waals surface area contributed by atoms with Crippen LogP contribution in [0.15, 0.2) is 0 Å². The molecule has 1 saturated carbocycles. The maximum Gasteiger partial charge on any atom is 0.221 e. The average molecular weight is 212 g/mol. The second-order valence-electron chi connectivity index (χ2n) is 5.52. The number of amides is 1. The van der Waals surface area contributed by atoms with Gasteiger partial charge in [-0.25, -0.2) is 0 Å². The Morgan fingerprint density at radius 1 is 1.47 bits per heavy atom. The second-order valence-corrected chi connectivity index (χ2v) is 5.52. The maximum absolute atomic E-state index is 11.8. The van der Waals surface area contributed by atoms with Gasteiger partial charge >= 0.3 is 0 Å². The molecule has 1 aliphatic rings. The van der Waals surface area contributed by atoms with Gasteiger partial charge in [-0.05, 0) is 45.1 Å². The topological polar surface area (TPSA) is 55.1 Å². The minimum Gasteiger partial charge on any atom is -0.351 e. The monoisotopic (exact) mass is 212 g/mol. The molecule has 88 valence electrons. The standard InChI is InChI=1S/C12H24N2O/c1-4-11(2,3)14-10(15)8-12(9-13)6-5-7-12/h4-9,13H2,1-3H3,(H,14,15). The van der Waals surface area contributed by atoms with E-state index < -0.39 is 0 Å². The Kier molecular flexibility index (Phi) is 3.77. The van der Waals surface area contributed by atoms with Crippen molar-refractivity contribution < 1.29 is 4.79 Å². The molecule has 0 saturated heterocycles. The van der Waals surface area contributed by atoms with Crippen molar-refractivity contribution in [3.8, 4) is 0 Å². The molecular weight excluding hydrogens is 188 g/mol. The Balaban J connectivity index is 2.42. The lowest BCUT2D eigenvalue weighted by atomic mass is 9.66. The number of carbonyl (C=O) groups excluding carboxylic acids is 1. The molecule has 0 aromatic rings. The minimum atomic E-state index is -0.0867. The van der Waals surface area contributed by atoms with E-state index >= 15 is 0 Å². The van der Waals surface area contributed by atoms with Gasteiger partial charge in [0.2, 0.25) is 5.91 Å². The Morgan fingerprint density at radius 2 is 2.07 bits per heavy atom. The Bertz CT molecular complexity index is 226. The molecule has 3 N–H and O–H groups in total. The van der Waals surface area contributed by atoms with E-state index in [-0.39, 0.29) is 16.9 Å². The molecule has 0 aliphatic heterocycles. The maximum atomic E-state index is 11.8. The lowest BCUT2D eigenvalue weighted by molar-refractivity contribution is -0.126. The number of nitrogens with one attached hydrogen (secondary N) is 1. The number of rotatable bonds is 5. The third-order valence-corrected chi connectivity index (χ3v) is 3.74. The fraction of sp³-hybridized carbons (Fsp3) is 0.917. The third kappa shape index (κ3) is 3.20. The molecule has 0 bridgehead atoms. The van der Waals surface area contributed by atoms with Crippen molar-refractivity contribution in [3.63, 3.8) is 0 Å². The van der Waals surface area contributed by atoms with E-state index in [4.69, 9.17) is 5.73 Å². The van der Waals surface area contributed by atoms with E-state index in [1.54, 1.807) is 0 Å². The highest BCUT2D eigenvalue weighted by atomic mass is 16.1. The van der Waals surface area contributed by atoms with Gasteiger partial charge in [-0.2, -0.15) is 0 Å². The Hall–Kier alpha value is -0.570. The van der Waals surface area contributed by atoms with E-state index in [0.29, 0.717) is 13.0 Å². The van der Waals surface area contributed by atoms with Gasteiger partial charge in [0.1, 0.15) is 0 Å². The molecule has 1 rings (SSSR count). The highest BCUT2D eigenvalue weighted by Crippen LogP contribution is 2.42. The fourth-order valence-electron chi connectivity index (χ4n) is 1.98. The van der Waals surface area contributed by atoms with Crippen LogP contribution in [0.3, 0.4) is 0 Å². The molecule has 0 aromatic heterocycles. The molecule has 15 heavy (non-hydrogen) atoms. The van der Waals surface area contributed by atoms with Crippen LogP contribution in [0, 0.1) is 5.41 Å². The van der Waals surface area contributed by atoms with Crippen LogP contribution in [0.2, 0.25) is 0 Å². The van der Waals surface area contributed by atoms with E-state index in [9.17, 15) is 4.79 Å². The van der Waals surface area contributed by atoms with Crippen molar-refractivity contribution in [1.29, 1.82) is 0 Å². The van der Waals surface area contributed by atoms with E-state index in [1.807, 2.05) is 0 Å². The number of carbonyl (C=O) groups is 1. The number of hydrogen-bond donors (Lipinski definition) is 2. The van der Waals surface area contributed by atoms with Gasteiger partial charge in [-0.1, -0.05) is 13.3 Å². The summed E-state index contributed by atoms with van der Waals surface area (Å²) >= 11 is 0. The first-order valence-corrected chi connectivity index (χ1v) is 5.94. The summed E-state index contributed by atoms with van der Waals surface area (Å²) in [5.41, 5.74) is 5.77. The summed E-state index contributed by atoms with van der Waals surface area (Å²) in [6.07, 6.45) is 5.01. The molecule has 0 spiro atoms. The van der Waals surface area contributed by atoms with Crippen LogP contribution in [0.4, 0.5) is 0 Å². The molecule has 0 aromatic carbocycles. The van der Waals surface area contributed by atoms with Gasteiger partial charge in [0, 0.05) is 12.0 Å². The van der Waals surface area contributed by atoms with E-state index in [0.717, 1.165) is 19.3 Å². The van der Waals surface area contributed by atoms with E-state index in [2.05, 4.69) is 26.1 Å². The predicted molar refractivity (Wildman–Crippen MR) is 62.5 cm³/mol. The molecule has 0 heterocycles. The van der Waals surface area contributed by atoms with Crippen molar-refractivity contribution in [2.75, 3.05) is 6.54 Å². The van der Waals surface area contributed by atoms with Crippen LogP contribution in [0.25, 0.3) is 0 Å². The van der Waals surface area contributed by atoms with Crippen LogP contribution in [0.1, 0.15) is 52.9 Å². The summed E-state index contributed by atoms with van der Waals surface area (Å²) in [5.74, 6) is 0.159. The summed E-state index contributed by atoms with van der Waals surface area (Å²) in [5, 5.41) is 3.07. The Morgan fingerprint density at radius 3 is 2.40 bits per heavy atom. The highest BCUT2D eigenvalue weighted by Gasteiger charge is 2.38. The van der Waals surface area contributed by atoms with Gasteiger partial charge < -0.3 is 11.1 Å². The number of nitrogens with two attached hydrogens (primary N) is 1. The third-order valence-electron chi connectivity index (χ3n) is 3.74. The van der Waals surface area contributed by atoms with Crippen molar-refractivity contribution in [2.45, 2.75) is 58.4 Å². The van der Waals surface area contributed by atoms with Crippen LogP contribution in [-0.4, -0.2) is 18.0 Å². The van der Waals surface area contributed by atoms with Crippen molar-refractivity contribution in [2.24, 2.45) is 11.1 Å². The van der Waals surface area contributed by atoms with Gasteiger partial charge in [-0.3, -0.25) is 4.79 Å². The first kappa shape index (κ1) is 12.5. The average Bonchev–Trinajstić information content (AvgIpc) is 2.11. The zero-order chi connectivity index (χ0) is 11.5. The highest BCUT2D eigenvalue weighted by molar-refractivity contribution is 5.77.